The molecule has 0 aliphatic rings. The van der Waals surface area contributed by atoms with Gasteiger partial charge < -0.3 is 11.1 Å². The van der Waals surface area contributed by atoms with Crippen LogP contribution >= 0.6 is 0 Å². The van der Waals surface area contributed by atoms with Crippen LogP contribution in [-0.2, 0) is 0 Å². The lowest BCUT2D eigenvalue weighted by atomic mass is 10.1. The minimum atomic E-state index is -0.663. The van der Waals surface area contributed by atoms with Gasteiger partial charge in [0.1, 0.15) is 11.6 Å². The van der Waals surface area contributed by atoms with E-state index in [1.54, 1.807) is 0 Å². The summed E-state index contributed by atoms with van der Waals surface area (Å²) in [6.07, 6.45) is 0. The van der Waals surface area contributed by atoms with Crippen molar-refractivity contribution in [2.45, 2.75) is 0 Å². The van der Waals surface area contributed by atoms with Crippen LogP contribution in [0.1, 0.15) is 10.4 Å². The minimum absolute atomic E-state index is 0.153. The van der Waals surface area contributed by atoms with Crippen LogP contribution in [0.3, 0.4) is 0 Å². The van der Waals surface area contributed by atoms with Crippen LogP contribution in [0.15, 0.2) is 42.5 Å². The van der Waals surface area contributed by atoms with E-state index in [0.29, 0.717) is 11.4 Å². The molecule has 3 N–H and O–H groups in total. The molecule has 0 unspecified atom stereocenters. The highest BCUT2D eigenvalue weighted by Crippen LogP contribution is 2.15. The van der Waals surface area contributed by atoms with E-state index < -0.39 is 17.5 Å². The molecule has 0 aliphatic heterocycles. The zero-order valence-corrected chi connectivity index (χ0v) is 9.28. The Bertz CT molecular complexity index is 582. The zero-order valence-electron chi connectivity index (χ0n) is 9.28. The molecule has 18 heavy (non-hydrogen) atoms. The number of hydrogen-bond acceptors (Lipinski definition) is 2. The van der Waals surface area contributed by atoms with Gasteiger partial charge in [0.05, 0.1) is 5.56 Å². The van der Waals surface area contributed by atoms with Gasteiger partial charge >= 0.3 is 0 Å². The Kier molecular flexibility index (Phi) is 3.23. The molecule has 0 fully saturated rings. The highest BCUT2D eigenvalue weighted by atomic mass is 19.1. The molecule has 0 heterocycles. The number of halogens is 2. The summed E-state index contributed by atoms with van der Waals surface area (Å²) in [6.45, 7) is 0. The molecule has 92 valence electrons. The van der Waals surface area contributed by atoms with Crippen molar-refractivity contribution in [3.05, 3.63) is 59.7 Å². The van der Waals surface area contributed by atoms with Crippen LogP contribution in [-0.4, -0.2) is 5.91 Å². The Morgan fingerprint density at radius 2 is 1.72 bits per heavy atom. The quantitative estimate of drug-likeness (QED) is 0.803. The van der Waals surface area contributed by atoms with E-state index in [1.165, 1.54) is 36.4 Å². The van der Waals surface area contributed by atoms with Gasteiger partial charge in [-0.25, -0.2) is 8.78 Å². The van der Waals surface area contributed by atoms with Crippen LogP contribution in [0.2, 0.25) is 0 Å². The van der Waals surface area contributed by atoms with E-state index in [9.17, 15) is 13.6 Å². The first-order chi connectivity index (χ1) is 8.56. The molecule has 0 aromatic heterocycles. The Morgan fingerprint density at radius 1 is 1.06 bits per heavy atom. The molecule has 0 bridgehead atoms. The monoisotopic (exact) mass is 248 g/mol. The van der Waals surface area contributed by atoms with E-state index in [2.05, 4.69) is 5.32 Å². The third-order valence-corrected chi connectivity index (χ3v) is 2.34. The summed E-state index contributed by atoms with van der Waals surface area (Å²) in [5.41, 5.74) is 6.00. The number of amides is 1. The van der Waals surface area contributed by atoms with E-state index in [0.717, 1.165) is 6.07 Å². The summed E-state index contributed by atoms with van der Waals surface area (Å²) < 4.78 is 26.1. The second-order valence-corrected chi connectivity index (χ2v) is 3.70. The van der Waals surface area contributed by atoms with Crippen molar-refractivity contribution in [2.75, 3.05) is 11.1 Å². The second kappa shape index (κ2) is 4.83. The summed E-state index contributed by atoms with van der Waals surface area (Å²) in [4.78, 5) is 11.8. The SMILES string of the molecule is Nc1ccc(F)c(C(=O)Nc2ccc(F)cc2)c1. The minimum Gasteiger partial charge on any atom is -0.399 e. The lowest BCUT2D eigenvalue weighted by Gasteiger charge is -2.06. The van der Waals surface area contributed by atoms with Crippen molar-refractivity contribution in [1.29, 1.82) is 0 Å². The molecular formula is C13H10F2N2O. The van der Waals surface area contributed by atoms with Gasteiger partial charge in [-0.3, -0.25) is 4.79 Å². The van der Waals surface area contributed by atoms with Crippen molar-refractivity contribution in [2.24, 2.45) is 0 Å². The summed E-state index contributed by atoms with van der Waals surface area (Å²) >= 11 is 0. The number of carbonyl (C=O) groups is 1. The summed E-state index contributed by atoms with van der Waals surface area (Å²) in [5.74, 6) is -1.71. The van der Waals surface area contributed by atoms with Crippen molar-refractivity contribution in [3.8, 4) is 0 Å². The van der Waals surface area contributed by atoms with Crippen LogP contribution in [0, 0.1) is 11.6 Å². The third-order valence-electron chi connectivity index (χ3n) is 2.34. The molecule has 0 atom stereocenters. The molecule has 2 aromatic rings. The highest BCUT2D eigenvalue weighted by molar-refractivity contribution is 6.04. The van der Waals surface area contributed by atoms with Gasteiger partial charge in [0.25, 0.3) is 5.91 Å². The standard InChI is InChI=1S/C13H10F2N2O/c14-8-1-4-10(5-2-8)17-13(18)11-7-9(16)3-6-12(11)15/h1-7H,16H2,(H,17,18). The summed E-state index contributed by atoms with van der Waals surface area (Å²) in [6, 6.07) is 8.90. The number of carbonyl (C=O) groups excluding carboxylic acids is 1. The van der Waals surface area contributed by atoms with Crippen molar-refractivity contribution < 1.29 is 13.6 Å². The van der Waals surface area contributed by atoms with E-state index >= 15 is 0 Å². The lowest BCUT2D eigenvalue weighted by molar-refractivity contribution is 0.102. The molecule has 2 aromatic carbocycles. The van der Waals surface area contributed by atoms with Gasteiger partial charge in [0, 0.05) is 11.4 Å². The molecule has 0 saturated heterocycles. The van der Waals surface area contributed by atoms with Crippen molar-refractivity contribution >= 4 is 17.3 Å². The number of hydrogen-bond donors (Lipinski definition) is 2. The fraction of sp³-hybridized carbons (Fsp3) is 0. The van der Waals surface area contributed by atoms with E-state index in [1.807, 2.05) is 0 Å². The number of anilines is 2. The molecule has 0 saturated carbocycles. The largest absolute Gasteiger partial charge is 0.399 e. The maximum atomic E-state index is 13.4. The van der Waals surface area contributed by atoms with Gasteiger partial charge in [-0.05, 0) is 42.5 Å². The van der Waals surface area contributed by atoms with Gasteiger partial charge in [-0.15, -0.1) is 0 Å². The van der Waals surface area contributed by atoms with Crippen LogP contribution in [0.5, 0.6) is 0 Å². The normalized spacial score (nSPS) is 10.1. The predicted molar refractivity (Wildman–Crippen MR) is 65.2 cm³/mol. The van der Waals surface area contributed by atoms with Crippen molar-refractivity contribution in [3.63, 3.8) is 0 Å². The number of benzene rings is 2. The molecule has 0 spiro atoms. The maximum absolute atomic E-state index is 13.4. The lowest BCUT2D eigenvalue weighted by Crippen LogP contribution is -2.14. The van der Waals surface area contributed by atoms with Gasteiger partial charge in [0.15, 0.2) is 0 Å². The molecule has 5 heteroatoms. The fourth-order valence-corrected chi connectivity index (χ4v) is 1.45. The van der Waals surface area contributed by atoms with Gasteiger partial charge in [0.2, 0.25) is 0 Å². The smallest absolute Gasteiger partial charge is 0.258 e. The van der Waals surface area contributed by atoms with Crippen LogP contribution < -0.4 is 11.1 Å². The average molecular weight is 248 g/mol. The number of nitrogens with two attached hydrogens (primary N) is 1. The average Bonchev–Trinajstić information content (AvgIpc) is 2.35. The number of nitrogen functional groups attached to an aromatic ring is 1. The number of rotatable bonds is 2. The molecule has 0 radical (unpaired) electrons. The molecule has 3 nitrogen and oxygen atoms in total. The first kappa shape index (κ1) is 12.0. The highest BCUT2D eigenvalue weighted by Gasteiger charge is 2.12. The predicted octanol–water partition coefficient (Wildman–Crippen LogP) is 2.80. The Balaban J connectivity index is 2.21. The maximum Gasteiger partial charge on any atom is 0.258 e. The second-order valence-electron chi connectivity index (χ2n) is 3.70. The zero-order chi connectivity index (χ0) is 13.1. The molecule has 1 amide bonds. The van der Waals surface area contributed by atoms with Crippen LogP contribution in [0.25, 0.3) is 0 Å². The van der Waals surface area contributed by atoms with E-state index in [-0.39, 0.29) is 5.56 Å². The Morgan fingerprint density at radius 3 is 2.39 bits per heavy atom. The van der Waals surface area contributed by atoms with Crippen molar-refractivity contribution in [1.82, 2.24) is 0 Å². The van der Waals surface area contributed by atoms with Gasteiger partial charge in [-0.1, -0.05) is 0 Å². The van der Waals surface area contributed by atoms with Gasteiger partial charge in [-0.2, -0.15) is 0 Å². The fourth-order valence-electron chi connectivity index (χ4n) is 1.45. The third kappa shape index (κ3) is 2.63. The van der Waals surface area contributed by atoms with E-state index in [4.69, 9.17) is 5.73 Å². The van der Waals surface area contributed by atoms with Crippen LogP contribution in [0.4, 0.5) is 20.2 Å². The first-order valence-corrected chi connectivity index (χ1v) is 5.18. The Hall–Kier alpha value is -2.43. The topological polar surface area (TPSA) is 55.1 Å². The first-order valence-electron chi connectivity index (χ1n) is 5.18. The number of nitrogens with one attached hydrogen (secondary N) is 1. The molecular weight excluding hydrogens is 238 g/mol. The molecule has 2 rings (SSSR count). The summed E-state index contributed by atoms with van der Waals surface area (Å²) in [7, 11) is 0. The molecule has 0 aliphatic carbocycles. The Labute approximate surface area is 102 Å². The summed E-state index contributed by atoms with van der Waals surface area (Å²) in [5, 5.41) is 2.45.